The van der Waals surface area contributed by atoms with Gasteiger partial charge < -0.3 is 5.32 Å². The first-order valence-corrected chi connectivity index (χ1v) is 9.61. The summed E-state index contributed by atoms with van der Waals surface area (Å²) in [6, 6.07) is 11.9. The lowest BCUT2D eigenvalue weighted by Crippen LogP contribution is -2.09. The number of nitro benzene ring substituents is 1. The minimum absolute atomic E-state index is 0.108. The number of aromatic nitrogens is 2. The molecule has 1 aromatic heterocycles. The number of nitrogens with zero attached hydrogens (tertiary/aromatic N) is 3. The highest BCUT2D eigenvalue weighted by molar-refractivity contribution is 7.90. The number of nitrogens with one attached hydrogen (secondary N) is 1. The van der Waals surface area contributed by atoms with Gasteiger partial charge in [0.15, 0.2) is 9.84 Å². The second-order valence-corrected chi connectivity index (χ2v) is 7.85. The van der Waals surface area contributed by atoms with Gasteiger partial charge in [0.2, 0.25) is 0 Å². The van der Waals surface area contributed by atoms with E-state index in [4.69, 9.17) is 0 Å². The van der Waals surface area contributed by atoms with Crippen molar-refractivity contribution in [2.45, 2.75) is 17.9 Å². The van der Waals surface area contributed by atoms with Crippen LogP contribution in [0.5, 0.6) is 0 Å². The molecule has 0 spiro atoms. The van der Waals surface area contributed by atoms with Gasteiger partial charge in [-0.15, -0.1) is 0 Å². The Hall–Kier alpha value is -3.07. The Morgan fingerprint density at radius 3 is 2.46 bits per heavy atom. The van der Waals surface area contributed by atoms with Crippen LogP contribution in [0.25, 0.3) is 10.9 Å². The first kappa shape index (κ1) is 17.7. The molecule has 2 aromatic carbocycles. The molecule has 1 unspecified atom stereocenters. The summed E-state index contributed by atoms with van der Waals surface area (Å²) < 4.78 is 23.8. The van der Waals surface area contributed by atoms with E-state index in [0.29, 0.717) is 16.7 Å². The van der Waals surface area contributed by atoms with Crippen molar-refractivity contribution in [2.24, 2.45) is 0 Å². The number of hydrogen-bond donors (Lipinski definition) is 1. The average molecular weight is 372 g/mol. The quantitative estimate of drug-likeness (QED) is 0.540. The zero-order chi connectivity index (χ0) is 18.9. The smallest absolute Gasteiger partial charge is 0.288 e. The number of rotatable bonds is 5. The molecular formula is C17H16N4O4S. The molecule has 0 amide bonds. The molecule has 1 heterocycles. The van der Waals surface area contributed by atoms with Gasteiger partial charge in [0.05, 0.1) is 10.4 Å². The fourth-order valence-corrected chi connectivity index (χ4v) is 3.50. The molecule has 134 valence electrons. The molecule has 0 fully saturated rings. The molecule has 0 aliphatic heterocycles. The summed E-state index contributed by atoms with van der Waals surface area (Å²) >= 11 is 0. The van der Waals surface area contributed by atoms with Crippen LogP contribution in [0.15, 0.2) is 53.7 Å². The van der Waals surface area contributed by atoms with Gasteiger partial charge in [-0.05, 0) is 18.6 Å². The normalized spacial score (nSPS) is 12.7. The monoisotopic (exact) mass is 372 g/mol. The van der Waals surface area contributed by atoms with Gasteiger partial charge in [0, 0.05) is 23.8 Å². The van der Waals surface area contributed by atoms with E-state index >= 15 is 0 Å². The molecule has 0 saturated carbocycles. The molecule has 0 bridgehead atoms. The largest absolute Gasteiger partial charge is 0.363 e. The Morgan fingerprint density at radius 2 is 1.85 bits per heavy atom. The van der Waals surface area contributed by atoms with Crippen LogP contribution >= 0.6 is 0 Å². The Labute approximate surface area is 150 Å². The topological polar surface area (TPSA) is 115 Å². The summed E-state index contributed by atoms with van der Waals surface area (Å²) in [5.74, 6) is 0.398. The number of benzene rings is 2. The SMILES string of the molecule is CC(Nc1ncnc2cc(S(C)(=O)=O)c([N+](=O)[O-])cc12)c1ccccc1. The first-order valence-electron chi connectivity index (χ1n) is 7.72. The van der Waals surface area contributed by atoms with E-state index in [1.807, 2.05) is 37.3 Å². The van der Waals surface area contributed by atoms with Crippen molar-refractivity contribution in [1.29, 1.82) is 0 Å². The first-order chi connectivity index (χ1) is 12.3. The second kappa shape index (κ2) is 6.68. The van der Waals surface area contributed by atoms with Gasteiger partial charge in [-0.25, -0.2) is 18.4 Å². The van der Waals surface area contributed by atoms with Crippen molar-refractivity contribution >= 4 is 32.2 Å². The third-order valence-electron chi connectivity index (χ3n) is 3.97. The summed E-state index contributed by atoms with van der Waals surface area (Å²) in [7, 11) is -3.77. The van der Waals surface area contributed by atoms with E-state index in [9.17, 15) is 18.5 Å². The van der Waals surface area contributed by atoms with E-state index in [1.165, 1.54) is 18.5 Å². The summed E-state index contributed by atoms with van der Waals surface area (Å²) in [5.41, 5.74) is 0.834. The maximum absolute atomic E-state index is 11.9. The Bertz CT molecular complexity index is 1080. The van der Waals surface area contributed by atoms with Crippen molar-refractivity contribution < 1.29 is 13.3 Å². The maximum Gasteiger partial charge on any atom is 0.288 e. The molecular weight excluding hydrogens is 356 g/mol. The fraction of sp³-hybridized carbons (Fsp3) is 0.176. The highest BCUT2D eigenvalue weighted by atomic mass is 32.2. The molecule has 3 rings (SSSR count). The van der Waals surface area contributed by atoms with Crippen LogP contribution in [-0.2, 0) is 9.84 Å². The van der Waals surface area contributed by atoms with Crippen molar-refractivity contribution in [3.8, 4) is 0 Å². The summed E-state index contributed by atoms with van der Waals surface area (Å²) in [4.78, 5) is 18.5. The molecule has 3 aromatic rings. The van der Waals surface area contributed by atoms with Gasteiger partial charge >= 0.3 is 0 Å². The minimum Gasteiger partial charge on any atom is -0.363 e. The van der Waals surface area contributed by atoms with Crippen LogP contribution in [-0.4, -0.2) is 29.6 Å². The summed E-state index contributed by atoms with van der Waals surface area (Å²) in [5, 5.41) is 14.9. The van der Waals surface area contributed by atoms with Crippen LogP contribution in [0.3, 0.4) is 0 Å². The minimum atomic E-state index is -3.77. The van der Waals surface area contributed by atoms with Crippen LogP contribution in [0.2, 0.25) is 0 Å². The van der Waals surface area contributed by atoms with Crippen molar-refractivity contribution in [1.82, 2.24) is 9.97 Å². The van der Waals surface area contributed by atoms with Crippen molar-refractivity contribution in [3.05, 3.63) is 64.5 Å². The predicted octanol–water partition coefficient (Wildman–Crippen LogP) is 3.11. The molecule has 0 radical (unpaired) electrons. The Balaban J connectivity index is 2.13. The van der Waals surface area contributed by atoms with E-state index in [-0.39, 0.29) is 10.9 Å². The van der Waals surface area contributed by atoms with Gasteiger partial charge in [-0.3, -0.25) is 10.1 Å². The van der Waals surface area contributed by atoms with Gasteiger partial charge in [-0.1, -0.05) is 30.3 Å². The molecule has 26 heavy (non-hydrogen) atoms. The van der Waals surface area contributed by atoms with Crippen LogP contribution < -0.4 is 5.32 Å². The van der Waals surface area contributed by atoms with E-state index < -0.39 is 20.4 Å². The predicted molar refractivity (Wildman–Crippen MR) is 97.8 cm³/mol. The van der Waals surface area contributed by atoms with Crippen LogP contribution in [0.1, 0.15) is 18.5 Å². The standard InChI is InChI=1S/C17H16N4O4S/c1-11(12-6-4-3-5-7-12)20-17-13-8-15(21(22)23)16(26(2,24)25)9-14(13)18-10-19-17/h3-11H,1-2H3,(H,18,19,20). The summed E-state index contributed by atoms with van der Waals surface area (Å²) in [6.45, 7) is 1.93. The number of fused-ring (bicyclic) bond motifs is 1. The van der Waals surface area contributed by atoms with Crippen LogP contribution in [0, 0.1) is 10.1 Å². The fourth-order valence-electron chi connectivity index (χ4n) is 2.66. The van der Waals surface area contributed by atoms with Gasteiger partial charge in [0.1, 0.15) is 17.0 Å². The molecule has 9 heteroatoms. The zero-order valence-corrected chi connectivity index (χ0v) is 14.9. The van der Waals surface area contributed by atoms with Crippen molar-refractivity contribution in [2.75, 3.05) is 11.6 Å². The second-order valence-electron chi connectivity index (χ2n) is 5.87. The Morgan fingerprint density at radius 1 is 1.15 bits per heavy atom. The van der Waals surface area contributed by atoms with Gasteiger partial charge in [-0.2, -0.15) is 0 Å². The number of sulfone groups is 1. The highest BCUT2D eigenvalue weighted by Crippen LogP contribution is 2.32. The van der Waals surface area contributed by atoms with E-state index in [2.05, 4.69) is 15.3 Å². The lowest BCUT2D eigenvalue weighted by molar-refractivity contribution is -0.387. The zero-order valence-electron chi connectivity index (χ0n) is 14.1. The molecule has 0 aliphatic rings. The number of nitro groups is 1. The third kappa shape index (κ3) is 3.47. The van der Waals surface area contributed by atoms with Crippen molar-refractivity contribution in [3.63, 3.8) is 0 Å². The molecule has 1 atom stereocenters. The Kier molecular flexibility index (Phi) is 4.56. The van der Waals surface area contributed by atoms with E-state index in [0.717, 1.165) is 11.8 Å². The molecule has 1 N–H and O–H groups in total. The van der Waals surface area contributed by atoms with Gasteiger partial charge in [0.25, 0.3) is 5.69 Å². The number of anilines is 1. The average Bonchev–Trinajstić information content (AvgIpc) is 2.60. The maximum atomic E-state index is 11.9. The highest BCUT2D eigenvalue weighted by Gasteiger charge is 2.24. The number of hydrogen-bond acceptors (Lipinski definition) is 7. The van der Waals surface area contributed by atoms with Crippen LogP contribution in [0.4, 0.5) is 11.5 Å². The third-order valence-corrected chi connectivity index (χ3v) is 5.09. The summed E-state index contributed by atoms with van der Waals surface area (Å²) in [6.07, 6.45) is 2.22. The molecule has 0 aliphatic carbocycles. The molecule has 8 nitrogen and oxygen atoms in total. The lowest BCUT2D eigenvalue weighted by atomic mass is 10.1. The van der Waals surface area contributed by atoms with E-state index in [1.54, 1.807) is 0 Å². The lowest BCUT2D eigenvalue weighted by Gasteiger charge is -2.16. The molecule has 0 saturated heterocycles.